The lowest BCUT2D eigenvalue weighted by atomic mass is 9.84. The molecule has 0 atom stereocenters. The topological polar surface area (TPSA) is 12.9 Å². The van der Waals surface area contributed by atoms with E-state index in [1.54, 1.807) is 11.3 Å². The molecule has 1 nitrogen and oxygen atoms in total. The van der Waals surface area contributed by atoms with Crippen molar-refractivity contribution in [2.24, 2.45) is 0 Å². The van der Waals surface area contributed by atoms with Crippen molar-refractivity contribution in [1.29, 1.82) is 0 Å². The molecule has 1 aromatic carbocycles. The lowest BCUT2D eigenvalue weighted by molar-refractivity contribution is 0.444. The number of thiol groups is 1. The lowest BCUT2D eigenvalue weighted by Crippen LogP contribution is -2.03. The Morgan fingerprint density at radius 1 is 1.19 bits per heavy atom. The molecule has 1 aliphatic rings. The second-order valence-electron chi connectivity index (χ2n) is 4.56. The summed E-state index contributed by atoms with van der Waals surface area (Å²) < 4.78 is 2.16. The number of aromatic nitrogens is 1. The van der Waals surface area contributed by atoms with Crippen LogP contribution in [0.25, 0.3) is 10.2 Å². The summed E-state index contributed by atoms with van der Waals surface area (Å²) in [5.74, 6) is 0.781. The van der Waals surface area contributed by atoms with Gasteiger partial charge in [0.05, 0.1) is 10.2 Å². The number of nitrogens with zero attached hydrogens (tertiary/aromatic N) is 1. The highest BCUT2D eigenvalue weighted by Gasteiger charge is 2.16. The Labute approximate surface area is 105 Å². The van der Waals surface area contributed by atoms with Gasteiger partial charge in [-0.3, -0.25) is 0 Å². The molecule has 0 radical (unpaired) electrons. The van der Waals surface area contributed by atoms with Crippen molar-refractivity contribution in [3.05, 3.63) is 23.8 Å². The predicted molar refractivity (Wildman–Crippen MR) is 72.7 cm³/mol. The van der Waals surface area contributed by atoms with Gasteiger partial charge in [-0.15, -0.1) is 24.0 Å². The predicted octanol–water partition coefficient (Wildman–Crippen LogP) is 4.63. The molecular weight excluding hydrogens is 234 g/mol. The molecule has 0 saturated heterocycles. The van der Waals surface area contributed by atoms with Crippen molar-refractivity contribution in [3.8, 4) is 0 Å². The van der Waals surface area contributed by atoms with Crippen molar-refractivity contribution in [3.63, 3.8) is 0 Å². The van der Waals surface area contributed by atoms with Crippen LogP contribution in [0.15, 0.2) is 22.5 Å². The van der Waals surface area contributed by atoms with Gasteiger partial charge in [0.2, 0.25) is 0 Å². The molecule has 3 rings (SSSR count). The van der Waals surface area contributed by atoms with E-state index in [1.807, 2.05) is 0 Å². The van der Waals surface area contributed by atoms with Gasteiger partial charge in [0, 0.05) is 0 Å². The Hall–Kier alpha value is -0.540. The van der Waals surface area contributed by atoms with Crippen molar-refractivity contribution in [2.75, 3.05) is 0 Å². The van der Waals surface area contributed by atoms with E-state index in [1.165, 1.54) is 42.4 Å². The molecule has 84 valence electrons. The standard InChI is InChI=1S/C13H15NS2/c15-13-14-11-7-6-10(8-12(11)16-13)9-4-2-1-3-5-9/h6-9H,1-5H2,(H,14,15). The molecule has 0 spiro atoms. The molecule has 0 N–H and O–H groups in total. The van der Waals surface area contributed by atoms with Crippen LogP contribution < -0.4 is 0 Å². The van der Waals surface area contributed by atoms with Crippen LogP contribution >= 0.6 is 24.0 Å². The van der Waals surface area contributed by atoms with Crippen molar-refractivity contribution in [2.45, 2.75) is 42.4 Å². The van der Waals surface area contributed by atoms with E-state index in [-0.39, 0.29) is 0 Å². The van der Waals surface area contributed by atoms with Gasteiger partial charge >= 0.3 is 0 Å². The minimum absolute atomic E-state index is 0.781. The average molecular weight is 249 g/mol. The SMILES string of the molecule is Sc1nc2ccc(C3CCCCC3)cc2s1. The van der Waals surface area contributed by atoms with E-state index in [4.69, 9.17) is 0 Å². The molecule has 0 aliphatic heterocycles. The van der Waals surface area contributed by atoms with Crippen LogP contribution in [0.3, 0.4) is 0 Å². The molecule has 1 fully saturated rings. The Bertz CT molecular complexity index is 498. The first kappa shape index (κ1) is 10.6. The highest BCUT2D eigenvalue weighted by molar-refractivity contribution is 7.82. The van der Waals surface area contributed by atoms with Gasteiger partial charge in [-0.1, -0.05) is 25.3 Å². The van der Waals surface area contributed by atoms with Crippen LogP contribution in [0.5, 0.6) is 0 Å². The number of benzene rings is 1. The number of hydrogen-bond donors (Lipinski definition) is 1. The molecule has 0 bridgehead atoms. The molecule has 3 heteroatoms. The van der Waals surface area contributed by atoms with Crippen molar-refractivity contribution < 1.29 is 0 Å². The summed E-state index contributed by atoms with van der Waals surface area (Å²) in [6.45, 7) is 0. The molecular formula is C13H15NS2. The van der Waals surface area contributed by atoms with Gasteiger partial charge in [0.25, 0.3) is 0 Å². The zero-order valence-corrected chi connectivity index (χ0v) is 10.9. The van der Waals surface area contributed by atoms with Crippen LogP contribution in [0, 0.1) is 0 Å². The van der Waals surface area contributed by atoms with E-state index in [0.717, 1.165) is 15.8 Å². The fraction of sp³-hybridized carbons (Fsp3) is 0.462. The van der Waals surface area contributed by atoms with Crippen LogP contribution in [0.2, 0.25) is 0 Å². The molecule has 0 amide bonds. The quantitative estimate of drug-likeness (QED) is 0.727. The molecule has 2 aromatic rings. The Kier molecular flexibility index (Phi) is 2.90. The normalized spacial score (nSPS) is 18.1. The lowest BCUT2D eigenvalue weighted by Gasteiger charge is -2.21. The Morgan fingerprint density at radius 3 is 2.81 bits per heavy atom. The maximum Gasteiger partial charge on any atom is 0.148 e. The van der Waals surface area contributed by atoms with Crippen molar-refractivity contribution >= 4 is 34.2 Å². The summed E-state index contributed by atoms with van der Waals surface area (Å²) in [5, 5.41) is 0. The third-order valence-electron chi connectivity index (χ3n) is 3.48. The van der Waals surface area contributed by atoms with E-state index >= 15 is 0 Å². The first-order valence-corrected chi connectivity index (χ1v) is 7.19. The molecule has 1 saturated carbocycles. The third-order valence-corrected chi connectivity index (χ3v) is 4.67. The van der Waals surface area contributed by atoms with E-state index < -0.39 is 0 Å². The molecule has 1 heterocycles. The second kappa shape index (κ2) is 4.38. The van der Waals surface area contributed by atoms with Gasteiger partial charge in [0.1, 0.15) is 4.34 Å². The van der Waals surface area contributed by atoms with Gasteiger partial charge in [-0.25, -0.2) is 4.98 Å². The smallest absolute Gasteiger partial charge is 0.148 e. The van der Waals surface area contributed by atoms with Crippen molar-refractivity contribution in [1.82, 2.24) is 4.98 Å². The summed E-state index contributed by atoms with van der Waals surface area (Å²) in [4.78, 5) is 4.38. The third kappa shape index (κ3) is 1.98. The maximum absolute atomic E-state index is 4.38. The largest absolute Gasteiger partial charge is 0.230 e. The summed E-state index contributed by atoms with van der Waals surface area (Å²) in [6.07, 6.45) is 6.92. The van der Waals surface area contributed by atoms with E-state index in [2.05, 4.69) is 35.8 Å². The number of rotatable bonds is 1. The van der Waals surface area contributed by atoms with Crippen LogP contribution in [0.4, 0.5) is 0 Å². The summed E-state index contributed by atoms with van der Waals surface area (Å²) in [7, 11) is 0. The fourth-order valence-corrected chi connectivity index (χ4v) is 3.78. The number of hydrogen-bond acceptors (Lipinski definition) is 3. The fourth-order valence-electron chi connectivity index (χ4n) is 2.62. The minimum Gasteiger partial charge on any atom is -0.230 e. The molecule has 0 unspecified atom stereocenters. The Morgan fingerprint density at radius 2 is 2.00 bits per heavy atom. The first-order chi connectivity index (χ1) is 7.83. The first-order valence-electron chi connectivity index (χ1n) is 5.92. The summed E-state index contributed by atoms with van der Waals surface area (Å²) in [6, 6.07) is 6.73. The number of fused-ring (bicyclic) bond motifs is 1. The summed E-state index contributed by atoms with van der Waals surface area (Å²) in [5.41, 5.74) is 2.60. The van der Waals surface area contributed by atoms with E-state index in [9.17, 15) is 0 Å². The zero-order valence-electron chi connectivity index (χ0n) is 9.15. The number of thiazole rings is 1. The van der Waals surface area contributed by atoms with Crippen LogP contribution in [-0.2, 0) is 0 Å². The summed E-state index contributed by atoms with van der Waals surface area (Å²) >= 11 is 6.00. The second-order valence-corrected chi connectivity index (χ2v) is 6.32. The van der Waals surface area contributed by atoms with Gasteiger partial charge in [0.15, 0.2) is 0 Å². The minimum atomic E-state index is 0.781. The van der Waals surface area contributed by atoms with Crippen LogP contribution in [0.1, 0.15) is 43.6 Å². The van der Waals surface area contributed by atoms with Gasteiger partial charge in [-0.2, -0.15) is 0 Å². The zero-order chi connectivity index (χ0) is 11.0. The monoisotopic (exact) mass is 249 g/mol. The highest BCUT2D eigenvalue weighted by atomic mass is 32.2. The van der Waals surface area contributed by atoms with Gasteiger partial charge < -0.3 is 0 Å². The molecule has 16 heavy (non-hydrogen) atoms. The molecule has 1 aliphatic carbocycles. The maximum atomic E-state index is 4.38. The highest BCUT2D eigenvalue weighted by Crippen LogP contribution is 2.35. The van der Waals surface area contributed by atoms with Gasteiger partial charge in [-0.05, 0) is 36.5 Å². The average Bonchev–Trinajstić information content (AvgIpc) is 2.69. The Balaban J connectivity index is 1.97. The van der Waals surface area contributed by atoms with Crippen LogP contribution in [-0.4, -0.2) is 4.98 Å². The van der Waals surface area contributed by atoms with E-state index in [0.29, 0.717) is 0 Å². The molecule has 1 aromatic heterocycles.